The summed E-state index contributed by atoms with van der Waals surface area (Å²) in [6.45, 7) is 3.06. The van der Waals surface area contributed by atoms with Gasteiger partial charge in [0.2, 0.25) is 0 Å². The van der Waals surface area contributed by atoms with Gasteiger partial charge in [0.05, 0.1) is 17.6 Å². The number of carbonyl (C=O) groups is 1. The molecule has 1 aromatic heterocycles. The standard InChI is InChI=1S/C25H29N5O2/c26-24-23(16-30-11-5-8-19(15-30)17-31)29-22(14-27-24)20-9-4-10-21(12-20)25(32)28-13-18-6-2-1-3-7-18/h1-4,6-7,9-10,12,14,19,31H,5,8,11,13,15-17H2,(H2,26,27)(H,28,32). The number of aliphatic hydroxyl groups is 1. The first-order valence-electron chi connectivity index (χ1n) is 11.0. The lowest BCUT2D eigenvalue weighted by Gasteiger charge is -2.31. The molecule has 0 aliphatic carbocycles. The van der Waals surface area contributed by atoms with E-state index in [2.05, 4.69) is 15.2 Å². The van der Waals surface area contributed by atoms with E-state index in [4.69, 9.17) is 10.7 Å². The minimum Gasteiger partial charge on any atom is -0.396 e. The molecule has 3 aromatic rings. The number of aromatic nitrogens is 2. The Bertz CT molecular complexity index is 1060. The van der Waals surface area contributed by atoms with E-state index in [1.807, 2.05) is 48.5 Å². The first kappa shape index (κ1) is 21.9. The summed E-state index contributed by atoms with van der Waals surface area (Å²) >= 11 is 0. The molecule has 1 amide bonds. The maximum Gasteiger partial charge on any atom is 0.251 e. The van der Waals surface area contributed by atoms with Gasteiger partial charge in [-0.25, -0.2) is 9.97 Å². The van der Waals surface area contributed by atoms with Crippen molar-refractivity contribution in [1.82, 2.24) is 20.2 Å². The number of nitrogens with zero attached hydrogens (tertiary/aromatic N) is 3. The maximum atomic E-state index is 12.7. The average Bonchev–Trinajstić information content (AvgIpc) is 2.84. The third kappa shape index (κ3) is 5.49. The third-order valence-electron chi connectivity index (χ3n) is 5.83. The fraction of sp³-hybridized carbons (Fsp3) is 0.320. The lowest BCUT2D eigenvalue weighted by molar-refractivity contribution is 0.0951. The van der Waals surface area contributed by atoms with Gasteiger partial charge >= 0.3 is 0 Å². The number of amides is 1. The number of nitrogens with one attached hydrogen (secondary N) is 1. The van der Waals surface area contributed by atoms with E-state index < -0.39 is 0 Å². The molecule has 4 rings (SSSR count). The van der Waals surface area contributed by atoms with E-state index in [0.717, 1.165) is 42.8 Å². The number of nitrogen functional groups attached to an aromatic ring is 1. The maximum absolute atomic E-state index is 12.7. The predicted molar refractivity (Wildman–Crippen MR) is 125 cm³/mol. The molecule has 1 aliphatic heterocycles. The van der Waals surface area contributed by atoms with Crippen LogP contribution in [0.5, 0.6) is 0 Å². The van der Waals surface area contributed by atoms with Crippen molar-refractivity contribution in [3.63, 3.8) is 0 Å². The largest absolute Gasteiger partial charge is 0.396 e. The van der Waals surface area contributed by atoms with Gasteiger partial charge in [-0.2, -0.15) is 0 Å². The Labute approximate surface area is 188 Å². The van der Waals surface area contributed by atoms with Crippen molar-refractivity contribution in [2.75, 3.05) is 25.4 Å². The van der Waals surface area contributed by atoms with Crippen molar-refractivity contribution in [1.29, 1.82) is 0 Å². The van der Waals surface area contributed by atoms with Crippen molar-refractivity contribution in [2.24, 2.45) is 5.92 Å². The van der Waals surface area contributed by atoms with Gasteiger partial charge in [-0.1, -0.05) is 42.5 Å². The molecule has 0 spiro atoms. The predicted octanol–water partition coefficient (Wildman–Crippen LogP) is 2.86. The molecule has 1 fully saturated rings. The van der Waals surface area contributed by atoms with Crippen LogP contribution in [0.15, 0.2) is 60.8 Å². The summed E-state index contributed by atoms with van der Waals surface area (Å²) in [5, 5.41) is 12.4. The van der Waals surface area contributed by atoms with E-state index in [1.165, 1.54) is 0 Å². The zero-order chi connectivity index (χ0) is 22.3. The number of likely N-dealkylation sites (tertiary alicyclic amines) is 1. The molecule has 1 unspecified atom stereocenters. The van der Waals surface area contributed by atoms with Crippen molar-refractivity contribution >= 4 is 11.7 Å². The molecule has 2 heterocycles. The fourth-order valence-corrected chi connectivity index (χ4v) is 4.05. The highest BCUT2D eigenvalue weighted by Gasteiger charge is 2.21. The highest BCUT2D eigenvalue weighted by molar-refractivity contribution is 5.95. The summed E-state index contributed by atoms with van der Waals surface area (Å²) in [7, 11) is 0. The number of anilines is 1. The molecule has 0 bridgehead atoms. The summed E-state index contributed by atoms with van der Waals surface area (Å²) in [6.07, 6.45) is 3.75. The molecule has 0 saturated carbocycles. The van der Waals surface area contributed by atoms with Crippen LogP contribution in [0, 0.1) is 5.92 Å². The van der Waals surface area contributed by atoms with Crippen molar-refractivity contribution < 1.29 is 9.90 Å². The van der Waals surface area contributed by atoms with Gasteiger partial charge in [0, 0.05) is 37.4 Å². The first-order valence-corrected chi connectivity index (χ1v) is 11.0. The van der Waals surface area contributed by atoms with Crippen LogP contribution in [0.25, 0.3) is 11.3 Å². The van der Waals surface area contributed by atoms with E-state index in [0.29, 0.717) is 36.1 Å². The number of benzene rings is 2. The molecule has 4 N–H and O–H groups in total. The zero-order valence-electron chi connectivity index (χ0n) is 18.1. The monoisotopic (exact) mass is 431 g/mol. The van der Waals surface area contributed by atoms with Crippen molar-refractivity contribution in [3.05, 3.63) is 77.6 Å². The Kier molecular flexibility index (Phi) is 7.09. The van der Waals surface area contributed by atoms with Gasteiger partial charge < -0.3 is 16.2 Å². The smallest absolute Gasteiger partial charge is 0.251 e. The van der Waals surface area contributed by atoms with Crippen LogP contribution >= 0.6 is 0 Å². The molecule has 32 heavy (non-hydrogen) atoms. The lowest BCUT2D eigenvalue weighted by Crippen LogP contribution is -2.36. The summed E-state index contributed by atoms with van der Waals surface area (Å²) in [5.41, 5.74) is 9.95. The minimum atomic E-state index is -0.136. The lowest BCUT2D eigenvalue weighted by atomic mass is 9.99. The molecular weight excluding hydrogens is 402 g/mol. The summed E-state index contributed by atoms with van der Waals surface area (Å²) in [4.78, 5) is 24.0. The highest BCUT2D eigenvalue weighted by atomic mass is 16.3. The Morgan fingerprint density at radius 2 is 2.03 bits per heavy atom. The van der Waals surface area contributed by atoms with Crippen LogP contribution in [0.2, 0.25) is 0 Å². The van der Waals surface area contributed by atoms with Crippen LogP contribution in [0.3, 0.4) is 0 Å². The Morgan fingerprint density at radius 3 is 2.84 bits per heavy atom. The Balaban J connectivity index is 1.47. The van der Waals surface area contributed by atoms with Crippen LogP contribution < -0.4 is 11.1 Å². The second kappa shape index (κ2) is 10.3. The Hall–Kier alpha value is -3.29. The first-order chi connectivity index (χ1) is 15.6. The fourth-order valence-electron chi connectivity index (χ4n) is 4.05. The van der Waals surface area contributed by atoms with Gasteiger partial charge in [-0.3, -0.25) is 9.69 Å². The molecule has 1 atom stereocenters. The number of carbonyl (C=O) groups excluding carboxylic acids is 1. The van der Waals surface area contributed by atoms with Crippen LogP contribution in [-0.2, 0) is 13.1 Å². The number of hydrogen-bond acceptors (Lipinski definition) is 6. The Morgan fingerprint density at radius 1 is 1.19 bits per heavy atom. The number of aliphatic hydroxyl groups excluding tert-OH is 1. The molecule has 7 nitrogen and oxygen atoms in total. The second-order valence-electron chi connectivity index (χ2n) is 8.26. The molecule has 7 heteroatoms. The minimum absolute atomic E-state index is 0.136. The van der Waals surface area contributed by atoms with Crippen LogP contribution in [0.1, 0.15) is 34.5 Å². The summed E-state index contributed by atoms with van der Waals surface area (Å²) < 4.78 is 0. The van der Waals surface area contributed by atoms with Gasteiger partial charge in [-0.15, -0.1) is 0 Å². The number of nitrogens with two attached hydrogens (primary N) is 1. The van der Waals surface area contributed by atoms with E-state index >= 15 is 0 Å². The van der Waals surface area contributed by atoms with Crippen molar-refractivity contribution in [3.8, 4) is 11.3 Å². The molecule has 1 saturated heterocycles. The number of piperidine rings is 1. The summed E-state index contributed by atoms with van der Waals surface area (Å²) in [5.74, 6) is 0.575. The van der Waals surface area contributed by atoms with Crippen LogP contribution in [-0.4, -0.2) is 45.6 Å². The molecule has 166 valence electrons. The molecule has 0 radical (unpaired) electrons. The topological polar surface area (TPSA) is 104 Å². The van der Waals surface area contributed by atoms with Crippen LogP contribution in [0.4, 0.5) is 5.82 Å². The number of rotatable bonds is 7. The van der Waals surface area contributed by atoms with Crippen molar-refractivity contribution in [2.45, 2.75) is 25.9 Å². The van der Waals surface area contributed by atoms with Gasteiger partial charge in [-0.05, 0) is 43.0 Å². The third-order valence-corrected chi connectivity index (χ3v) is 5.83. The van der Waals surface area contributed by atoms with E-state index in [1.54, 1.807) is 12.3 Å². The van der Waals surface area contributed by atoms with Gasteiger partial charge in [0.25, 0.3) is 5.91 Å². The van der Waals surface area contributed by atoms with Gasteiger partial charge in [0.1, 0.15) is 5.82 Å². The molecule has 2 aromatic carbocycles. The van der Waals surface area contributed by atoms with Gasteiger partial charge in [0.15, 0.2) is 0 Å². The molecule has 1 aliphatic rings. The average molecular weight is 432 g/mol. The second-order valence-corrected chi connectivity index (χ2v) is 8.26. The quantitative estimate of drug-likeness (QED) is 0.531. The van der Waals surface area contributed by atoms with E-state index in [-0.39, 0.29) is 12.5 Å². The SMILES string of the molecule is Nc1ncc(-c2cccc(C(=O)NCc3ccccc3)c2)nc1CN1CCCC(CO)C1. The zero-order valence-corrected chi connectivity index (χ0v) is 18.1. The molecular formula is C25H29N5O2. The van der Waals surface area contributed by atoms with E-state index in [9.17, 15) is 9.90 Å². The number of hydrogen-bond donors (Lipinski definition) is 3. The normalized spacial score (nSPS) is 16.6. The highest BCUT2D eigenvalue weighted by Crippen LogP contribution is 2.23. The summed E-state index contributed by atoms with van der Waals surface area (Å²) in [6, 6.07) is 17.2.